The van der Waals surface area contributed by atoms with Crippen LogP contribution in [-0.2, 0) is 23.9 Å². The Bertz CT molecular complexity index is 1020. The minimum absolute atomic E-state index is 0.0758. The molecule has 3 N–H and O–H groups in total. The van der Waals surface area contributed by atoms with Gasteiger partial charge in [-0.25, -0.2) is 0 Å². The minimum atomic E-state index is -0.501. The number of aliphatic hydroxyl groups is 1. The normalized spacial score (nSPS) is 49.5. The van der Waals surface area contributed by atoms with E-state index in [4.69, 9.17) is 14.6 Å². The van der Waals surface area contributed by atoms with Crippen molar-refractivity contribution in [2.24, 2.45) is 52.3 Å². The van der Waals surface area contributed by atoms with Gasteiger partial charge in [0.25, 0.3) is 0 Å². The molecule has 2 heterocycles. The lowest BCUT2D eigenvalue weighted by molar-refractivity contribution is -0.272. The number of carbonyl (C=O) groups excluding carboxylic acids is 3. The van der Waals surface area contributed by atoms with E-state index < -0.39 is 5.79 Å². The molecule has 0 unspecified atom stereocenters. The molecule has 0 aromatic rings. The van der Waals surface area contributed by atoms with Gasteiger partial charge in [-0.2, -0.15) is 0 Å². The minimum Gasteiger partial charge on any atom is -0.395 e. The highest BCUT2D eigenvalue weighted by molar-refractivity contribution is 5.97. The monoisotopic (exact) mass is 558 g/mol. The third-order valence-corrected chi connectivity index (χ3v) is 12.9. The lowest BCUT2D eigenvalue weighted by Gasteiger charge is -2.60. The molecule has 224 valence electrons. The molecule has 8 nitrogen and oxygen atoms in total. The highest BCUT2D eigenvalue weighted by Gasteiger charge is 2.71. The van der Waals surface area contributed by atoms with Crippen LogP contribution in [0.4, 0.5) is 0 Å². The maximum absolute atomic E-state index is 14.3. The molecule has 2 amide bonds. The van der Waals surface area contributed by atoms with Gasteiger partial charge in [0, 0.05) is 42.7 Å². The zero-order valence-electron chi connectivity index (χ0n) is 24.9. The van der Waals surface area contributed by atoms with E-state index in [1.165, 1.54) is 0 Å². The van der Waals surface area contributed by atoms with Gasteiger partial charge in [0.05, 0.1) is 19.3 Å². The van der Waals surface area contributed by atoms with Gasteiger partial charge in [0.2, 0.25) is 11.8 Å². The molecule has 0 aromatic carbocycles. The van der Waals surface area contributed by atoms with Crippen molar-refractivity contribution in [3.05, 3.63) is 0 Å². The fourth-order valence-corrected chi connectivity index (χ4v) is 10.8. The van der Waals surface area contributed by atoms with Crippen LogP contribution in [0.1, 0.15) is 91.9 Å². The smallest absolute Gasteiger partial charge is 0.229 e. The van der Waals surface area contributed by atoms with Crippen LogP contribution in [0.5, 0.6) is 0 Å². The van der Waals surface area contributed by atoms with E-state index in [1.807, 2.05) is 0 Å². The van der Waals surface area contributed by atoms with Crippen molar-refractivity contribution >= 4 is 17.6 Å². The number of ketones is 1. The summed E-state index contributed by atoms with van der Waals surface area (Å²) in [5.74, 6) is 2.19. The van der Waals surface area contributed by atoms with Crippen LogP contribution in [-0.4, -0.2) is 60.4 Å². The summed E-state index contributed by atoms with van der Waals surface area (Å²) in [7, 11) is 0. The van der Waals surface area contributed by atoms with Gasteiger partial charge in [0.15, 0.2) is 5.79 Å². The lowest BCUT2D eigenvalue weighted by atomic mass is 9.44. The van der Waals surface area contributed by atoms with Crippen molar-refractivity contribution in [2.75, 3.05) is 19.8 Å². The Labute approximate surface area is 239 Å². The van der Waals surface area contributed by atoms with E-state index in [9.17, 15) is 14.4 Å². The fraction of sp³-hybridized carbons (Fsp3) is 0.906. The zero-order valence-corrected chi connectivity index (χ0v) is 24.9. The van der Waals surface area contributed by atoms with Crippen LogP contribution in [0.15, 0.2) is 0 Å². The van der Waals surface area contributed by atoms with Crippen LogP contribution in [0.3, 0.4) is 0 Å². The summed E-state index contributed by atoms with van der Waals surface area (Å²) >= 11 is 0. The number of nitrogens with one attached hydrogen (secondary N) is 2. The van der Waals surface area contributed by atoms with Crippen molar-refractivity contribution in [2.45, 2.75) is 110 Å². The largest absolute Gasteiger partial charge is 0.395 e. The summed E-state index contributed by atoms with van der Waals surface area (Å²) in [5, 5.41) is 14.5. The zero-order chi connectivity index (χ0) is 28.4. The summed E-state index contributed by atoms with van der Waals surface area (Å²) in [6.45, 7) is 10.0. The molecule has 12 atom stereocenters. The predicted octanol–water partition coefficient (Wildman–Crippen LogP) is 3.60. The number of aliphatic hydroxyl groups excluding tert-OH is 1. The number of amides is 2. The van der Waals surface area contributed by atoms with Crippen molar-refractivity contribution in [3.8, 4) is 0 Å². The molecular formula is C32H50N2O6. The molecule has 1 spiro atoms. The molecule has 2 aliphatic heterocycles. The summed E-state index contributed by atoms with van der Waals surface area (Å²) in [4.78, 5) is 38.7. The quantitative estimate of drug-likeness (QED) is 0.445. The van der Waals surface area contributed by atoms with Crippen LogP contribution in [0.25, 0.3) is 0 Å². The molecule has 40 heavy (non-hydrogen) atoms. The van der Waals surface area contributed by atoms with Crippen molar-refractivity contribution < 1.29 is 29.0 Å². The van der Waals surface area contributed by atoms with Crippen molar-refractivity contribution in [1.82, 2.24) is 10.6 Å². The Kier molecular flexibility index (Phi) is 7.39. The molecule has 6 fully saturated rings. The Hall–Kier alpha value is -1.51. The molecule has 4 saturated carbocycles. The molecule has 6 aliphatic rings. The van der Waals surface area contributed by atoms with E-state index in [1.54, 1.807) is 0 Å². The van der Waals surface area contributed by atoms with E-state index in [-0.39, 0.29) is 66.2 Å². The first-order valence-corrected chi connectivity index (χ1v) is 16.0. The first kappa shape index (κ1) is 28.6. The van der Waals surface area contributed by atoms with Gasteiger partial charge in [-0.05, 0) is 80.0 Å². The predicted molar refractivity (Wildman–Crippen MR) is 149 cm³/mol. The van der Waals surface area contributed by atoms with Crippen LogP contribution >= 0.6 is 0 Å². The lowest BCUT2D eigenvalue weighted by Crippen LogP contribution is -2.59. The average Bonchev–Trinajstić information content (AvgIpc) is 3.36. The summed E-state index contributed by atoms with van der Waals surface area (Å²) in [6.07, 6.45) is 8.74. The van der Waals surface area contributed by atoms with E-state index in [2.05, 4.69) is 38.3 Å². The topological polar surface area (TPSA) is 114 Å². The number of ether oxygens (including phenoxy) is 2. The Morgan fingerprint density at radius 2 is 1.82 bits per heavy atom. The van der Waals surface area contributed by atoms with Gasteiger partial charge in [-0.15, -0.1) is 0 Å². The van der Waals surface area contributed by atoms with Crippen LogP contribution in [0, 0.1) is 52.3 Å². The van der Waals surface area contributed by atoms with E-state index >= 15 is 0 Å². The second kappa shape index (κ2) is 10.3. The van der Waals surface area contributed by atoms with Gasteiger partial charge >= 0.3 is 0 Å². The van der Waals surface area contributed by atoms with E-state index in [0.717, 1.165) is 58.0 Å². The highest BCUT2D eigenvalue weighted by atomic mass is 16.7. The number of hydrogen-bond acceptors (Lipinski definition) is 6. The second-order valence-corrected chi connectivity index (χ2v) is 14.8. The van der Waals surface area contributed by atoms with E-state index in [0.29, 0.717) is 41.8 Å². The summed E-state index contributed by atoms with van der Waals surface area (Å²) < 4.78 is 13.3. The maximum atomic E-state index is 14.3. The van der Waals surface area contributed by atoms with Crippen LogP contribution < -0.4 is 10.6 Å². The van der Waals surface area contributed by atoms with Crippen molar-refractivity contribution in [1.29, 1.82) is 0 Å². The number of Topliss-reactive ketones (excluding diaryl/α,β-unsaturated/α-hetero) is 1. The van der Waals surface area contributed by atoms with Gasteiger partial charge in [0.1, 0.15) is 12.2 Å². The number of hydrogen-bond donors (Lipinski definition) is 3. The molecule has 0 bridgehead atoms. The number of rotatable bonds is 5. The second-order valence-electron chi connectivity index (χ2n) is 14.8. The van der Waals surface area contributed by atoms with Crippen molar-refractivity contribution in [3.63, 3.8) is 0 Å². The first-order chi connectivity index (χ1) is 19.0. The fourth-order valence-electron chi connectivity index (χ4n) is 10.8. The molecule has 0 aromatic heterocycles. The third-order valence-electron chi connectivity index (χ3n) is 12.9. The number of fused-ring (bicyclic) bond motifs is 7. The Morgan fingerprint density at radius 1 is 1.02 bits per heavy atom. The summed E-state index contributed by atoms with van der Waals surface area (Å²) in [5.41, 5.74) is -0.222. The highest BCUT2D eigenvalue weighted by Crippen LogP contribution is 2.70. The molecule has 2 saturated heterocycles. The molecule has 0 radical (unpaired) electrons. The van der Waals surface area contributed by atoms with Gasteiger partial charge in [-0.3, -0.25) is 14.4 Å². The average molecular weight is 559 g/mol. The number of carbonyl (C=O) groups is 3. The van der Waals surface area contributed by atoms with Gasteiger partial charge < -0.3 is 25.2 Å². The molecule has 4 aliphatic carbocycles. The summed E-state index contributed by atoms with van der Waals surface area (Å²) in [6, 6.07) is 0.0758. The standard InChI is InChI=1S/C32H50N2O6/c1-18-7-10-32(39-17-18)19(2)29-25(40-32)14-24-22-6-5-20-13-21(34-28(38)16-27(37)33-11-12-35)8-9-30(20,3)23(22)15-26(36)31(24,29)4/h18-25,29,35H,5-17H2,1-4H3,(H,33,37)(H,34,38)/t18-,19+,20+,21-,22-,23+,24+,25+,29+,30+,31-,32-/m1/s1. The molecular weight excluding hydrogens is 508 g/mol. The molecule has 8 heteroatoms. The third kappa shape index (κ3) is 4.38. The van der Waals surface area contributed by atoms with Crippen LogP contribution in [0.2, 0.25) is 0 Å². The van der Waals surface area contributed by atoms with Gasteiger partial charge in [-0.1, -0.05) is 27.7 Å². The maximum Gasteiger partial charge on any atom is 0.229 e. The Balaban J connectivity index is 1.13. The first-order valence-electron chi connectivity index (χ1n) is 16.0. The molecule has 6 rings (SSSR count). The SMILES string of the molecule is C[C@@H]1CC[C@@]2(OC1)O[C@H]1C[C@H]3[C@@H]4CC[C@H]5C[C@H](NC(=O)CC(=O)NCCO)CC[C@]5(C)[C@H]4CC(=O)[C@]3(C)[C@H]1[C@@H]2C. The Morgan fingerprint density at radius 3 is 2.55 bits per heavy atom.